The van der Waals surface area contributed by atoms with Gasteiger partial charge in [-0.15, -0.1) is 0 Å². The lowest BCUT2D eigenvalue weighted by Crippen LogP contribution is -2.08. The zero-order valence-electron chi connectivity index (χ0n) is 9.16. The van der Waals surface area contributed by atoms with E-state index in [0.29, 0.717) is 11.6 Å². The topological polar surface area (TPSA) is 88.9 Å². The van der Waals surface area contributed by atoms with Gasteiger partial charge < -0.3 is 5.11 Å². The average Bonchev–Trinajstić information content (AvgIpc) is 2.28. The van der Waals surface area contributed by atoms with Crippen LogP contribution in [0.2, 0.25) is 0 Å². The summed E-state index contributed by atoms with van der Waals surface area (Å²) in [6.07, 6.45) is 3.06. The molecule has 17 heavy (non-hydrogen) atoms. The molecule has 2 heterocycles. The lowest BCUT2D eigenvalue weighted by Gasteiger charge is -2.03. The molecule has 0 amide bonds. The van der Waals surface area contributed by atoms with Crippen LogP contribution in [0.1, 0.15) is 11.6 Å². The van der Waals surface area contributed by atoms with Crippen LogP contribution in [-0.2, 0) is 11.2 Å². The lowest BCUT2D eigenvalue weighted by atomic mass is 10.2. The van der Waals surface area contributed by atoms with E-state index in [4.69, 9.17) is 5.11 Å². The average molecular weight is 230 g/mol. The van der Waals surface area contributed by atoms with Crippen molar-refractivity contribution >= 4 is 5.97 Å². The van der Waals surface area contributed by atoms with Gasteiger partial charge in [-0.1, -0.05) is 0 Å². The lowest BCUT2D eigenvalue weighted by molar-refractivity contribution is -0.136. The molecule has 6 nitrogen and oxygen atoms in total. The molecular weight excluding hydrogens is 220 g/mol. The number of aliphatic carboxylic acids is 1. The maximum atomic E-state index is 10.6. The number of aromatic nitrogens is 4. The molecule has 0 saturated heterocycles. The van der Waals surface area contributed by atoms with Crippen molar-refractivity contribution in [3.05, 3.63) is 36.2 Å². The summed E-state index contributed by atoms with van der Waals surface area (Å²) in [5.41, 5.74) is 0.740. The first-order chi connectivity index (χ1) is 8.15. The molecule has 6 heteroatoms. The van der Waals surface area contributed by atoms with E-state index in [0.717, 1.165) is 5.56 Å². The van der Waals surface area contributed by atoms with Crippen LogP contribution in [0.5, 0.6) is 0 Å². The Labute approximate surface area is 97.4 Å². The Hall–Kier alpha value is -2.37. The minimum atomic E-state index is -0.965. The van der Waals surface area contributed by atoms with Crippen LogP contribution >= 0.6 is 0 Å². The van der Waals surface area contributed by atoms with Crippen LogP contribution < -0.4 is 0 Å². The summed E-state index contributed by atoms with van der Waals surface area (Å²) in [5, 5.41) is 8.71. The molecule has 0 unspecified atom stereocenters. The first-order valence-corrected chi connectivity index (χ1v) is 4.99. The third-order valence-corrected chi connectivity index (χ3v) is 2.02. The number of rotatable bonds is 3. The van der Waals surface area contributed by atoms with Crippen LogP contribution in [0, 0.1) is 6.92 Å². The van der Waals surface area contributed by atoms with Crippen LogP contribution in [-0.4, -0.2) is 31.0 Å². The second-order valence-corrected chi connectivity index (χ2v) is 3.43. The third-order valence-electron chi connectivity index (χ3n) is 2.02. The molecule has 0 aliphatic heterocycles. The molecular formula is C11H10N4O2. The van der Waals surface area contributed by atoms with E-state index < -0.39 is 5.97 Å². The SMILES string of the molecule is Cc1nc(CC(=O)O)nc(-c2cccnc2)n1. The molecule has 0 atom stereocenters. The van der Waals surface area contributed by atoms with Crippen molar-refractivity contribution in [3.8, 4) is 11.4 Å². The molecule has 0 aliphatic rings. The number of carbonyl (C=O) groups is 1. The number of carboxylic acid groups (broad SMARTS) is 1. The Bertz CT molecular complexity index is 542. The van der Waals surface area contributed by atoms with Gasteiger partial charge in [0.05, 0.1) is 0 Å². The van der Waals surface area contributed by atoms with Gasteiger partial charge in [0.2, 0.25) is 0 Å². The Morgan fingerprint density at radius 3 is 2.82 bits per heavy atom. The van der Waals surface area contributed by atoms with Crippen LogP contribution in [0.25, 0.3) is 11.4 Å². The molecule has 0 bridgehead atoms. The number of aryl methyl sites for hydroxylation is 1. The summed E-state index contributed by atoms with van der Waals surface area (Å²) in [4.78, 5) is 26.8. The summed E-state index contributed by atoms with van der Waals surface area (Å²) in [6.45, 7) is 1.70. The number of nitrogens with zero attached hydrogens (tertiary/aromatic N) is 4. The highest BCUT2D eigenvalue weighted by Gasteiger charge is 2.09. The summed E-state index contributed by atoms with van der Waals surface area (Å²) in [5.74, 6) is 0.230. The fraction of sp³-hybridized carbons (Fsp3) is 0.182. The van der Waals surface area contributed by atoms with Gasteiger partial charge in [-0.3, -0.25) is 9.78 Å². The minimum absolute atomic E-state index is 0.212. The quantitative estimate of drug-likeness (QED) is 0.841. The predicted octanol–water partition coefficient (Wildman–Crippen LogP) is 0.869. The Kier molecular flexibility index (Phi) is 3.04. The summed E-state index contributed by atoms with van der Waals surface area (Å²) >= 11 is 0. The van der Waals surface area contributed by atoms with Gasteiger partial charge in [-0.2, -0.15) is 0 Å². The molecule has 2 rings (SSSR count). The molecule has 0 aromatic carbocycles. The highest BCUT2D eigenvalue weighted by molar-refractivity contribution is 5.69. The highest BCUT2D eigenvalue weighted by Crippen LogP contribution is 2.12. The maximum absolute atomic E-state index is 10.6. The van der Waals surface area contributed by atoms with Crippen molar-refractivity contribution in [2.75, 3.05) is 0 Å². The molecule has 0 aliphatic carbocycles. The largest absolute Gasteiger partial charge is 0.481 e. The fourth-order valence-corrected chi connectivity index (χ4v) is 1.38. The molecule has 2 aromatic rings. The summed E-state index contributed by atoms with van der Waals surface area (Å²) in [7, 11) is 0. The zero-order chi connectivity index (χ0) is 12.3. The Balaban J connectivity index is 2.42. The van der Waals surface area contributed by atoms with Gasteiger partial charge >= 0.3 is 5.97 Å². The van der Waals surface area contributed by atoms with E-state index in [1.54, 1.807) is 25.4 Å². The van der Waals surface area contributed by atoms with E-state index in [1.807, 2.05) is 6.07 Å². The van der Waals surface area contributed by atoms with Crippen LogP contribution in [0.15, 0.2) is 24.5 Å². The first kappa shape index (κ1) is 11.1. The van der Waals surface area contributed by atoms with E-state index in [9.17, 15) is 4.79 Å². The van der Waals surface area contributed by atoms with Gasteiger partial charge in [-0.05, 0) is 19.1 Å². The standard InChI is InChI=1S/C11H10N4O2/c1-7-13-9(5-10(16)17)15-11(14-7)8-3-2-4-12-6-8/h2-4,6H,5H2,1H3,(H,16,17). The number of hydrogen-bond donors (Lipinski definition) is 1. The zero-order valence-corrected chi connectivity index (χ0v) is 9.16. The molecule has 0 radical (unpaired) electrons. The smallest absolute Gasteiger partial charge is 0.311 e. The maximum Gasteiger partial charge on any atom is 0.311 e. The van der Waals surface area contributed by atoms with Gasteiger partial charge in [0.1, 0.15) is 18.1 Å². The summed E-state index contributed by atoms with van der Waals surface area (Å²) < 4.78 is 0. The molecule has 0 fully saturated rings. The molecule has 86 valence electrons. The van der Waals surface area contributed by atoms with Crippen molar-refractivity contribution < 1.29 is 9.90 Å². The predicted molar refractivity (Wildman–Crippen MR) is 59.1 cm³/mol. The molecule has 1 N–H and O–H groups in total. The van der Waals surface area contributed by atoms with Gasteiger partial charge in [0.15, 0.2) is 5.82 Å². The second-order valence-electron chi connectivity index (χ2n) is 3.43. The Morgan fingerprint density at radius 1 is 1.35 bits per heavy atom. The molecule has 0 spiro atoms. The first-order valence-electron chi connectivity index (χ1n) is 4.99. The van der Waals surface area contributed by atoms with Crippen molar-refractivity contribution in [2.24, 2.45) is 0 Å². The fourth-order valence-electron chi connectivity index (χ4n) is 1.38. The van der Waals surface area contributed by atoms with E-state index in [2.05, 4.69) is 19.9 Å². The second kappa shape index (κ2) is 4.65. The van der Waals surface area contributed by atoms with E-state index in [1.165, 1.54) is 0 Å². The monoisotopic (exact) mass is 230 g/mol. The third kappa shape index (κ3) is 2.81. The van der Waals surface area contributed by atoms with Gasteiger partial charge in [0, 0.05) is 18.0 Å². The van der Waals surface area contributed by atoms with Gasteiger partial charge in [-0.25, -0.2) is 15.0 Å². The molecule has 0 saturated carbocycles. The van der Waals surface area contributed by atoms with Crippen molar-refractivity contribution in [1.82, 2.24) is 19.9 Å². The van der Waals surface area contributed by atoms with Crippen LogP contribution in [0.3, 0.4) is 0 Å². The summed E-state index contributed by atoms with van der Waals surface area (Å²) in [6, 6.07) is 3.58. The van der Waals surface area contributed by atoms with Gasteiger partial charge in [0.25, 0.3) is 0 Å². The van der Waals surface area contributed by atoms with Crippen LogP contribution in [0.4, 0.5) is 0 Å². The van der Waals surface area contributed by atoms with Crippen molar-refractivity contribution in [3.63, 3.8) is 0 Å². The number of hydrogen-bond acceptors (Lipinski definition) is 5. The molecule has 2 aromatic heterocycles. The Morgan fingerprint density at radius 2 is 2.18 bits per heavy atom. The van der Waals surface area contributed by atoms with E-state index in [-0.39, 0.29) is 12.2 Å². The highest BCUT2D eigenvalue weighted by atomic mass is 16.4. The minimum Gasteiger partial charge on any atom is -0.481 e. The number of carboxylic acids is 1. The van der Waals surface area contributed by atoms with Crippen molar-refractivity contribution in [1.29, 1.82) is 0 Å². The van der Waals surface area contributed by atoms with Crippen molar-refractivity contribution in [2.45, 2.75) is 13.3 Å². The number of pyridine rings is 1. The normalized spacial score (nSPS) is 10.2. The van der Waals surface area contributed by atoms with E-state index >= 15 is 0 Å².